The molecule has 1 unspecified atom stereocenters. The molecule has 1 aliphatic rings. The average Bonchev–Trinajstić information content (AvgIpc) is 3.24. The van der Waals surface area contributed by atoms with Crippen molar-refractivity contribution in [1.29, 1.82) is 0 Å². The molecule has 10 rings (SSSR count). The Morgan fingerprint density at radius 1 is 0.377 bits per heavy atom. The maximum Gasteiger partial charge on any atom is 0.164 e. The van der Waals surface area contributed by atoms with Crippen molar-refractivity contribution in [3.63, 3.8) is 0 Å². The third-order valence-electron chi connectivity index (χ3n) is 9.89. The van der Waals surface area contributed by atoms with Gasteiger partial charge < -0.3 is 0 Å². The second kappa shape index (κ2) is 12.5. The Morgan fingerprint density at radius 2 is 0.849 bits per heavy atom. The number of hydrogen-bond acceptors (Lipinski definition) is 5. The highest BCUT2D eigenvalue weighted by molar-refractivity contribution is 7.94. The van der Waals surface area contributed by atoms with Crippen molar-refractivity contribution >= 4 is 37.0 Å². The van der Waals surface area contributed by atoms with E-state index in [0.717, 1.165) is 66.2 Å². The molecule has 5 nitrogen and oxygen atoms in total. The minimum absolute atomic E-state index is 0.589. The van der Waals surface area contributed by atoms with Crippen LogP contribution in [0.15, 0.2) is 196 Å². The van der Waals surface area contributed by atoms with Crippen LogP contribution < -0.4 is 0 Å². The zero-order chi connectivity index (χ0) is 35.4. The first-order chi connectivity index (χ1) is 26.1. The lowest BCUT2D eigenvalue weighted by molar-refractivity contribution is 0.676. The molecule has 0 saturated carbocycles. The number of fused-ring (bicyclic) bond motifs is 8. The number of hydrogen-bond donors (Lipinski definition) is 0. The van der Waals surface area contributed by atoms with Crippen molar-refractivity contribution in [2.45, 2.75) is 9.79 Å². The minimum atomic E-state index is -3.02. The van der Waals surface area contributed by atoms with Crippen LogP contribution in [0.25, 0.3) is 78.0 Å². The minimum Gasteiger partial charge on any atom is -0.239 e. The summed E-state index contributed by atoms with van der Waals surface area (Å²) in [5, 5.41) is 4.30. The zero-order valence-corrected chi connectivity index (χ0v) is 29.2. The fourth-order valence-electron chi connectivity index (χ4n) is 7.37. The lowest BCUT2D eigenvalue weighted by atomic mass is 9.89. The van der Waals surface area contributed by atoms with Crippen LogP contribution in [0.4, 0.5) is 5.69 Å². The van der Waals surface area contributed by atoms with Crippen molar-refractivity contribution in [3.05, 3.63) is 182 Å². The molecule has 0 fully saturated rings. The summed E-state index contributed by atoms with van der Waals surface area (Å²) in [7, 11) is -3.02. The van der Waals surface area contributed by atoms with Crippen LogP contribution in [-0.4, -0.2) is 19.2 Å². The predicted molar refractivity (Wildman–Crippen MR) is 215 cm³/mol. The van der Waals surface area contributed by atoms with Gasteiger partial charge in [-0.3, -0.25) is 0 Å². The molecule has 0 spiro atoms. The van der Waals surface area contributed by atoms with Gasteiger partial charge in [-0.25, -0.2) is 19.2 Å². The van der Waals surface area contributed by atoms with E-state index in [1.165, 1.54) is 0 Å². The van der Waals surface area contributed by atoms with Crippen molar-refractivity contribution in [2.24, 2.45) is 4.36 Å². The molecule has 9 aromatic rings. The van der Waals surface area contributed by atoms with E-state index < -0.39 is 9.73 Å². The molecule has 0 radical (unpaired) electrons. The zero-order valence-electron chi connectivity index (χ0n) is 28.4. The fraction of sp³-hybridized carbons (Fsp3) is 0. The van der Waals surface area contributed by atoms with Gasteiger partial charge in [-0.15, -0.1) is 0 Å². The summed E-state index contributed by atoms with van der Waals surface area (Å²) >= 11 is 0. The SMILES string of the molecule is O=S1(c2ccccc2)=Nc2c(c3ccccc3c3ccccc23)-c2cc(-c3cccc(-c4nc(-c5ccccc5)nc(-c5ccccc5)n4)c3)ccc21. The van der Waals surface area contributed by atoms with E-state index in [2.05, 4.69) is 66.7 Å². The summed E-state index contributed by atoms with van der Waals surface area (Å²) in [6, 6.07) is 61.0. The van der Waals surface area contributed by atoms with Crippen LogP contribution in [0.5, 0.6) is 0 Å². The summed E-state index contributed by atoms with van der Waals surface area (Å²) in [6.45, 7) is 0. The highest BCUT2D eigenvalue weighted by Crippen LogP contribution is 2.52. The quantitative estimate of drug-likeness (QED) is 0.168. The molecular weight excluding hydrogens is 669 g/mol. The van der Waals surface area contributed by atoms with Gasteiger partial charge >= 0.3 is 0 Å². The van der Waals surface area contributed by atoms with Crippen LogP contribution in [0.2, 0.25) is 0 Å². The molecule has 0 bridgehead atoms. The Morgan fingerprint density at radius 3 is 1.49 bits per heavy atom. The molecule has 8 aromatic carbocycles. The molecular formula is C47H30N4OS. The maximum absolute atomic E-state index is 15.4. The van der Waals surface area contributed by atoms with Gasteiger partial charge in [0.15, 0.2) is 17.5 Å². The lowest BCUT2D eigenvalue weighted by Crippen LogP contribution is -2.08. The molecule has 0 aliphatic carbocycles. The molecule has 0 amide bonds. The first-order valence-electron chi connectivity index (χ1n) is 17.5. The van der Waals surface area contributed by atoms with Crippen molar-refractivity contribution in [2.75, 3.05) is 0 Å². The Balaban J connectivity index is 1.19. The van der Waals surface area contributed by atoms with Crippen LogP contribution >= 0.6 is 0 Å². The number of rotatable bonds is 5. The third-order valence-corrected chi connectivity index (χ3v) is 12.2. The smallest absolute Gasteiger partial charge is 0.164 e. The lowest BCUT2D eigenvalue weighted by Gasteiger charge is -2.25. The van der Waals surface area contributed by atoms with Gasteiger partial charge in [-0.2, -0.15) is 4.36 Å². The Labute approximate surface area is 307 Å². The van der Waals surface area contributed by atoms with Gasteiger partial charge in [-0.1, -0.05) is 152 Å². The van der Waals surface area contributed by atoms with Crippen molar-refractivity contribution in [3.8, 4) is 56.4 Å². The first-order valence-corrected chi connectivity index (χ1v) is 19.0. The number of aromatic nitrogens is 3. The second-order valence-corrected chi connectivity index (χ2v) is 15.2. The van der Waals surface area contributed by atoms with E-state index in [-0.39, 0.29) is 0 Å². The van der Waals surface area contributed by atoms with Gasteiger partial charge in [0, 0.05) is 33.2 Å². The summed E-state index contributed by atoms with van der Waals surface area (Å²) in [5.74, 6) is 1.82. The second-order valence-electron chi connectivity index (χ2n) is 13.1. The highest BCUT2D eigenvalue weighted by atomic mass is 32.2. The fourth-order valence-corrected chi connectivity index (χ4v) is 9.52. The standard InChI is InChI=1S/C47H30N4OS/c52-53(36-21-8-3-9-22-36)42-28-27-34(30-41(42)43-39-25-12-10-23-37(39)38-24-11-13-26-40(38)44(43)51-53)33-19-14-20-35(29-33)47-49-45(31-15-4-1-5-16-31)48-46(50-47)32-17-6-2-7-18-32/h1-30H. The number of benzene rings is 8. The normalized spacial score (nSPS) is 14.7. The van der Waals surface area contributed by atoms with E-state index in [1.807, 2.05) is 115 Å². The van der Waals surface area contributed by atoms with E-state index >= 15 is 4.21 Å². The summed E-state index contributed by atoms with van der Waals surface area (Å²) in [6.07, 6.45) is 0. The topological polar surface area (TPSA) is 68.1 Å². The molecule has 6 heteroatoms. The van der Waals surface area contributed by atoms with E-state index in [9.17, 15) is 0 Å². The Kier molecular flexibility index (Phi) is 7.30. The molecule has 1 atom stereocenters. The van der Waals surface area contributed by atoms with Gasteiger partial charge in [0.1, 0.15) is 9.73 Å². The largest absolute Gasteiger partial charge is 0.239 e. The van der Waals surface area contributed by atoms with Gasteiger partial charge in [0.25, 0.3) is 0 Å². The average molecular weight is 699 g/mol. The van der Waals surface area contributed by atoms with Gasteiger partial charge in [0.05, 0.1) is 15.5 Å². The Hall–Kier alpha value is -6.76. The molecule has 53 heavy (non-hydrogen) atoms. The van der Waals surface area contributed by atoms with E-state index in [1.54, 1.807) is 0 Å². The monoisotopic (exact) mass is 698 g/mol. The molecule has 1 aliphatic heterocycles. The summed E-state index contributed by atoms with van der Waals surface area (Å²) in [4.78, 5) is 16.2. The molecule has 0 N–H and O–H groups in total. The first kappa shape index (κ1) is 31.0. The molecule has 250 valence electrons. The van der Waals surface area contributed by atoms with Crippen LogP contribution in [0.1, 0.15) is 0 Å². The van der Waals surface area contributed by atoms with E-state index in [0.29, 0.717) is 27.3 Å². The van der Waals surface area contributed by atoms with Crippen molar-refractivity contribution < 1.29 is 4.21 Å². The van der Waals surface area contributed by atoms with Gasteiger partial charge in [0.2, 0.25) is 0 Å². The summed E-state index contributed by atoms with van der Waals surface area (Å²) in [5.41, 5.74) is 7.39. The molecule has 1 aromatic heterocycles. The van der Waals surface area contributed by atoms with Crippen LogP contribution in [0, 0.1) is 0 Å². The summed E-state index contributed by atoms with van der Waals surface area (Å²) < 4.78 is 20.6. The van der Waals surface area contributed by atoms with Crippen molar-refractivity contribution in [1.82, 2.24) is 15.0 Å². The van der Waals surface area contributed by atoms with Crippen LogP contribution in [0.3, 0.4) is 0 Å². The molecule has 0 saturated heterocycles. The molecule has 2 heterocycles. The predicted octanol–water partition coefficient (Wildman–Crippen LogP) is 12.0. The Bertz CT molecular complexity index is 2930. The maximum atomic E-state index is 15.4. The van der Waals surface area contributed by atoms with Crippen LogP contribution in [-0.2, 0) is 9.73 Å². The number of nitrogens with zero attached hydrogens (tertiary/aromatic N) is 4. The van der Waals surface area contributed by atoms with Gasteiger partial charge in [-0.05, 0) is 57.6 Å². The van der Waals surface area contributed by atoms with E-state index in [4.69, 9.17) is 19.3 Å². The highest BCUT2D eigenvalue weighted by Gasteiger charge is 2.30. The third kappa shape index (κ3) is 5.22.